The SMILES string of the molecule is CNc1ccc(F)c(C)c1. The lowest BCUT2D eigenvalue weighted by atomic mass is 10.2. The van der Waals surface area contributed by atoms with E-state index >= 15 is 0 Å². The van der Waals surface area contributed by atoms with Gasteiger partial charge in [0.1, 0.15) is 5.82 Å². The Bertz CT molecular complexity index is 233. The van der Waals surface area contributed by atoms with Crippen LogP contribution in [0, 0.1) is 12.7 Å². The van der Waals surface area contributed by atoms with Gasteiger partial charge in [-0.1, -0.05) is 0 Å². The highest BCUT2D eigenvalue weighted by molar-refractivity contribution is 5.45. The smallest absolute Gasteiger partial charge is 0.126 e. The molecule has 0 spiro atoms. The minimum Gasteiger partial charge on any atom is -0.388 e. The zero-order valence-electron chi connectivity index (χ0n) is 6.11. The standard InChI is InChI=1S/C8H10FN/c1-6-5-7(10-2)3-4-8(6)9/h3-5,10H,1-2H3. The van der Waals surface area contributed by atoms with Crippen molar-refractivity contribution in [3.63, 3.8) is 0 Å². The van der Waals surface area contributed by atoms with Crippen LogP contribution in [0.25, 0.3) is 0 Å². The van der Waals surface area contributed by atoms with E-state index in [0.717, 1.165) is 5.69 Å². The number of hydrogen-bond donors (Lipinski definition) is 1. The van der Waals surface area contributed by atoms with Gasteiger partial charge in [-0.15, -0.1) is 0 Å². The number of hydrogen-bond acceptors (Lipinski definition) is 1. The molecule has 0 atom stereocenters. The second-order valence-corrected chi connectivity index (χ2v) is 2.21. The summed E-state index contributed by atoms with van der Waals surface area (Å²) in [5, 5.41) is 2.93. The van der Waals surface area contributed by atoms with E-state index in [0.29, 0.717) is 5.56 Å². The lowest BCUT2D eigenvalue weighted by Gasteiger charge is -2.00. The monoisotopic (exact) mass is 139 g/mol. The van der Waals surface area contributed by atoms with Gasteiger partial charge in [-0.25, -0.2) is 4.39 Å². The average molecular weight is 139 g/mol. The Hall–Kier alpha value is -1.05. The molecule has 0 aliphatic rings. The Morgan fingerprint density at radius 1 is 1.40 bits per heavy atom. The molecule has 0 bridgehead atoms. The first-order chi connectivity index (χ1) is 4.74. The van der Waals surface area contributed by atoms with Gasteiger partial charge in [-0.3, -0.25) is 0 Å². The van der Waals surface area contributed by atoms with Gasteiger partial charge in [0.25, 0.3) is 0 Å². The Kier molecular flexibility index (Phi) is 1.90. The first-order valence-corrected chi connectivity index (χ1v) is 3.18. The zero-order chi connectivity index (χ0) is 7.56. The van der Waals surface area contributed by atoms with Crippen LogP contribution in [0.2, 0.25) is 0 Å². The van der Waals surface area contributed by atoms with E-state index in [2.05, 4.69) is 5.32 Å². The van der Waals surface area contributed by atoms with E-state index in [1.807, 2.05) is 7.05 Å². The topological polar surface area (TPSA) is 12.0 Å². The molecule has 1 aromatic rings. The van der Waals surface area contributed by atoms with Crippen molar-refractivity contribution in [2.75, 3.05) is 12.4 Å². The Balaban J connectivity index is 3.04. The van der Waals surface area contributed by atoms with Crippen LogP contribution < -0.4 is 5.32 Å². The van der Waals surface area contributed by atoms with Crippen molar-refractivity contribution in [3.8, 4) is 0 Å². The fourth-order valence-electron chi connectivity index (χ4n) is 0.800. The molecular formula is C8H10FN. The molecule has 1 nitrogen and oxygen atoms in total. The summed E-state index contributed by atoms with van der Waals surface area (Å²) in [6.45, 7) is 1.75. The molecule has 2 heteroatoms. The number of halogens is 1. The largest absolute Gasteiger partial charge is 0.388 e. The highest BCUT2D eigenvalue weighted by Crippen LogP contribution is 2.12. The average Bonchev–Trinajstić information content (AvgIpc) is 1.95. The van der Waals surface area contributed by atoms with Gasteiger partial charge in [0.05, 0.1) is 0 Å². The van der Waals surface area contributed by atoms with Crippen molar-refractivity contribution in [1.82, 2.24) is 0 Å². The molecule has 0 saturated heterocycles. The molecule has 1 aromatic carbocycles. The van der Waals surface area contributed by atoms with E-state index in [1.165, 1.54) is 6.07 Å². The van der Waals surface area contributed by atoms with E-state index in [4.69, 9.17) is 0 Å². The van der Waals surface area contributed by atoms with Crippen molar-refractivity contribution in [1.29, 1.82) is 0 Å². The number of aryl methyl sites for hydroxylation is 1. The first-order valence-electron chi connectivity index (χ1n) is 3.18. The number of benzene rings is 1. The van der Waals surface area contributed by atoms with Gasteiger partial charge in [0, 0.05) is 12.7 Å². The summed E-state index contributed by atoms with van der Waals surface area (Å²) < 4.78 is 12.6. The predicted octanol–water partition coefficient (Wildman–Crippen LogP) is 2.18. The molecule has 0 aliphatic carbocycles. The molecule has 1 N–H and O–H groups in total. The quantitative estimate of drug-likeness (QED) is 0.628. The van der Waals surface area contributed by atoms with Crippen molar-refractivity contribution in [2.24, 2.45) is 0 Å². The minimum absolute atomic E-state index is 0.154. The number of rotatable bonds is 1. The second kappa shape index (κ2) is 2.69. The fourth-order valence-corrected chi connectivity index (χ4v) is 0.800. The summed E-state index contributed by atoms with van der Waals surface area (Å²) in [4.78, 5) is 0. The molecule has 0 aliphatic heterocycles. The van der Waals surface area contributed by atoms with Gasteiger partial charge < -0.3 is 5.32 Å². The van der Waals surface area contributed by atoms with E-state index in [9.17, 15) is 4.39 Å². The van der Waals surface area contributed by atoms with Crippen LogP contribution in [0.1, 0.15) is 5.56 Å². The van der Waals surface area contributed by atoms with Crippen LogP contribution in [-0.4, -0.2) is 7.05 Å². The summed E-state index contributed by atoms with van der Waals surface area (Å²) >= 11 is 0. The summed E-state index contributed by atoms with van der Waals surface area (Å²) in [5.74, 6) is -0.154. The predicted molar refractivity (Wildman–Crippen MR) is 40.7 cm³/mol. The summed E-state index contributed by atoms with van der Waals surface area (Å²) in [7, 11) is 1.81. The maximum Gasteiger partial charge on any atom is 0.126 e. The molecule has 0 unspecified atom stereocenters. The third-order valence-corrected chi connectivity index (χ3v) is 1.45. The molecule has 0 amide bonds. The third kappa shape index (κ3) is 1.26. The number of nitrogens with one attached hydrogen (secondary N) is 1. The maximum absolute atomic E-state index is 12.6. The van der Waals surface area contributed by atoms with Gasteiger partial charge in [-0.2, -0.15) is 0 Å². The molecule has 0 fully saturated rings. The Morgan fingerprint density at radius 3 is 2.60 bits per heavy atom. The normalized spacial score (nSPS) is 9.50. The lowest BCUT2D eigenvalue weighted by molar-refractivity contribution is 0.619. The molecule has 0 radical (unpaired) electrons. The minimum atomic E-state index is -0.154. The van der Waals surface area contributed by atoms with Crippen LogP contribution in [0.5, 0.6) is 0 Å². The van der Waals surface area contributed by atoms with E-state index in [-0.39, 0.29) is 5.82 Å². The fraction of sp³-hybridized carbons (Fsp3) is 0.250. The molecule has 0 heterocycles. The highest BCUT2D eigenvalue weighted by Gasteiger charge is 1.95. The van der Waals surface area contributed by atoms with E-state index in [1.54, 1.807) is 19.1 Å². The van der Waals surface area contributed by atoms with Crippen LogP contribution in [0.3, 0.4) is 0 Å². The number of anilines is 1. The van der Waals surface area contributed by atoms with E-state index < -0.39 is 0 Å². The first kappa shape index (κ1) is 7.06. The maximum atomic E-state index is 12.6. The molecular weight excluding hydrogens is 129 g/mol. The Morgan fingerprint density at radius 2 is 2.10 bits per heavy atom. The van der Waals surface area contributed by atoms with Gasteiger partial charge in [0.2, 0.25) is 0 Å². The van der Waals surface area contributed by atoms with Crippen molar-refractivity contribution in [2.45, 2.75) is 6.92 Å². The van der Waals surface area contributed by atoms with Gasteiger partial charge in [-0.05, 0) is 30.7 Å². The van der Waals surface area contributed by atoms with Crippen LogP contribution >= 0.6 is 0 Å². The van der Waals surface area contributed by atoms with Crippen LogP contribution in [0.4, 0.5) is 10.1 Å². The molecule has 1 rings (SSSR count). The summed E-state index contributed by atoms with van der Waals surface area (Å²) in [6, 6.07) is 4.94. The summed E-state index contributed by atoms with van der Waals surface area (Å²) in [5.41, 5.74) is 1.62. The molecule has 0 aromatic heterocycles. The van der Waals surface area contributed by atoms with Gasteiger partial charge in [0.15, 0.2) is 0 Å². The zero-order valence-corrected chi connectivity index (χ0v) is 6.11. The summed E-state index contributed by atoms with van der Waals surface area (Å²) in [6.07, 6.45) is 0. The van der Waals surface area contributed by atoms with Crippen molar-refractivity contribution < 1.29 is 4.39 Å². The van der Waals surface area contributed by atoms with Crippen LogP contribution in [-0.2, 0) is 0 Å². The molecule has 0 saturated carbocycles. The van der Waals surface area contributed by atoms with Gasteiger partial charge >= 0.3 is 0 Å². The second-order valence-electron chi connectivity index (χ2n) is 2.21. The van der Waals surface area contributed by atoms with Crippen molar-refractivity contribution >= 4 is 5.69 Å². The lowest BCUT2D eigenvalue weighted by Crippen LogP contribution is -1.89. The van der Waals surface area contributed by atoms with Crippen LogP contribution in [0.15, 0.2) is 18.2 Å². The van der Waals surface area contributed by atoms with Crippen molar-refractivity contribution in [3.05, 3.63) is 29.6 Å². The highest BCUT2D eigenvalue weighted by atomic mass is 19.1. The molecule has 54 valence electrons. The Labute approximate surface area is 59.9 Å². The molecule has 10 heavy (non-hydrogen) atoms. The third-order valence-electron chi connectivity index (χ3n) is 1.45.